The molecule has 0 radical (unpaired) electrons. The van der Waals surface area contributed by atoms with Gasteiger partial charge in [0, 0.05) is 44.2 Å². The summed E-state index contributed by atoms with van der Waals surface area (Å²) in [4.78, 5) is 29.7. The van der Waals surface area contributed by atoms with Crippen molar-refractivity contribution in [2.24, 2.45) is 0 Å². The van der Waals surface area contributed by atoms with Crippen molar-refractivity contribution in [2.45, 2.75) is 50.7 Å². The molecule has 1 N–H and O–H groups in total. The molecule has 5 heterocycles. The van der Waals surface area contributed by atoms with Gasteiger partial charge in [0.1, 0.15) is 18.2 Å². The molecule has 2 fully saturated rings. The minimum atomic E-state index is -0.988. The van der Waals surface area contributed by atoms with Gasteiger partial charge in [0.05, 0.1) is 43.1 Å². The second-order valence-corrected chi connectivity index (χ2v) is 10.8. The predicted octanol–water partition coefficient (Wildman–Crippen LogP) is 2.53. The summed E-state index contributed by atoms with van der Waals surface area (Å²) in [7, 11) is 2.12. The van der Waals surface area contributed by atoms with Crippen LogP contribution in [0, 0.1) is 11.3 Å². The van der Waals surface area contributed by atoms with Gasteiger partial charge in [0.15, 0.2) is 0 Å². The maximum absolute atomic E-state index is 11.8. The van der Waals surface area contributed by atoms with Crippen molar-refractivity contribution in [3.05, 3.63) is 35.0 Å². The van der Waals surface area contributed by atoms with E-state index in [0.717, 1.165) is 67.3 Å². The number of hydrogen-bond donors (Lipinski definition) is 1. The third-order valence-electron chi connectivity index (χ3n) is 8.49. The van der Waals surface area contributed by atoms with Gasteiger partial charge in [-0.1, -0.05) is 12.1 Å². The molecule has 1 aromatic carbocycles. The van der Waals surface area contributed by atoms with E-state index in [2.05, 4.69) is 46.0 Å². The number of piperazine rings is 1. The van der Waals surface area contributed by atoms with E-state index in [-0.39, 0.29) is 6.42 Å². The van der Waals surface area contributed by atoms with Crippen molar-refractivity contribution in [2.75, 3.05) is 62.8 Å². The van der Waals surface area contributed by atoms with Gasteiger partial charge in [0.2, 0.25) is 0 Å². The highest BCUT2D eigenvalue weighted by atomic mass is 16.5. The second kappa shape index (κ2) is 10.8. The van der Waals surface area contributed by atoms with Gasteiger partial charge < -0.3 is 34.2 Å². The number of anilines is 2. The highest BCUT2D eigenvalue weighted by Gasteiger charge is 2.34. The van der Waals surface area contributed by atoms with Gasteiger partial charge >= 0.3 is 12.1 Å². The van der Waals surface area contributed by atoms with Crippen molar-refractivity contribution in [3.63, 3.8) is 0 Å². The molecule has 11 nitrogen and oxygen atoms in total. The Morgan fingerprint density at radius 1 is 1.18 bits per heavy atom. The number of carbonyl (C=O) groups is 1. The molecule has 1 amide bonds. The number of para-hydroxylation sites is 1. The topological polar surface area (TPSA) is 118 Å². The molecule has 0 aliphatic carbocycles. The second-order valence-electron chi connectivity index (χ2n) is 10.8. The fourth-order valence-corrected chi connectivity index (χ4v) is 6.31. The minimum absolute atomic E-state index is 0.139. The number of likely N-dealkylation sites (N-methyl/N-ethyl adjacent to an activating group) is 1. The number of aromatic nitrogens is 2. The lowest BCUT2D eigenvalue weighted by atomic mass is 10.0. The van der Waals surface area contributed by atoms with Crippen molar-refractivity contribution in [3.8, 4) is 17.8 Å². The van der Waals surface area contributed by atoms with Crippen LogP contribution in [0.5, 0.6) is 11.8 Å². The lowest BCUT2D eigenvalue weighted by molar-refractivity contribution is 0.119. The van der Waals surface area contributed by atoms with Crippen LogP contribution in [0.1, 0.15) is 36.1 Å². The van der Waals surface area contributed by atoms with Crippen LogP contribution >= 0.6 is 0 Å². The van der Waals surface area contributed by atoms with E-state index < -0.39 is 12.1 Å². The van der Waals surface area contributed by atoms with Gasteiger partial charge in [0.25, 0.3) is 0 Å². The van der Waals surface area contributed by atoms with E-state index in [4.69, 9.17) is 19.4 Å². The SMILES string of the molecule is CN1CCC[C@H]1COc1nc2c(c(N3CCN(C(=O)O)[C@@H](CC#N)C3)n1)CCN(c1cccc3c1OCC3)C2. The molecule has 6 rings (SSSR count). The first-order valence-corrected chi connectivity index (χ1v) is 13.9. The Morgan fingerprint density at radius 2 is 2.08 bits per heavy atom. The zero-order valence-electron chi connectivity index (χ0n) is 22.4. The third-order valence-corrected chi connectivity index (χ3v) is 8.49. The third kappa shape index (κ3) is 5.01. The molecule has 4 aliphatic rings. The van der Waals surface area contributed by atoms with Crippen LogP contribution in [-0.2, 0) is 19.4 Å². The van der Waals surface area contributed by atoms with Gasteiger partial charge in [-0.3, -0.25) is 0 Å². The molecular weight excluding hydrogens is 498 g/mol. The Hall–Kier alpha value is -3.78. The molecular formula is C28H35N7O4. The molecule has 11 heteroatoms. The summed E-state index contributed by atoms with van der Waals surface area (Å²) in [5, 5.41) is 19.0. The summed E-state index contributed by atoms with van der Waals surface area (Å²) >= 11 is 0. The predicted molar refractivity (Wildman–Crippen MR) is 145 cm³/mol. The number of rotatable bonds is 6. The van der Waals surface area contributed by atoms with Crippen LogP contribution in [0.2, 0.25) is 0 Å². The van der Waals surface area contributed by atoms with Gasteiger partial charge in [-0.15, -0.1) is 0 Å². The number of hydrogen-bond acceptors (Lipinski definition) is 9. The van der Waals surface area contributed by atoms with Gasteiger partial charge in [-0.2, -0.15) is 15.2 Å². The average Bonchev–Trinajstić information content (AvgIpc) is 3.59. The molecule has 0 saturated carbocycles. The number of likely N-dealkylation sites (tertiary alicyclic amines) is 1. The van der Waals surface area contributed by atoms with Gasteiger partial charge in [-0.25, -0.2) is 4.79 Å². The van der Waals surface area contributed by atoms with E-state index in [9.17, 15) is 15.2 Å². The highest BCUT2D eigenvalue weighted by molar-refractivity contribution is 5.67. The van der Waals surface area contributed by atoms with Gasteiger partial charge in [-0.05, 0) is 44.5 Å². The maximum Gasteiger partial charge on any atom is 0.407 e. The largest absolute Gasteiger partial charge is 0.491 e. The van der Waals surface area contributed by atoms with Crippen LogP contribution in [0.25, 0.3) is 0 Å². The normalized spacial score (nSPS) is 22.7. The van der Waals surface area contributed by atoms with Crippen LogP contribution in [0.3, 0.4) is 0 Å². The summed E-state index contributed by atoms with van der Waals surface area (Å²) in [6, 6.07) is 8.78. The zero-order valence-corrected chi connectivity index (χ0v) is 22.4. The Balaban J connectivity index is 1.31. The molecule has 2 aromatic rings. The molecule has 2 atom stereocenters. The summed E-state index contributed by atoms with van der Waals surface area (Å²) in [6.07, 6.45) is 3.08. The van der Waals surface area contributed by atoms with E-state index >= 15 is 0 Å². The first-order chi connectivity index (χ1) is 19.0. The van der Waals surface area contributed by atoms with E-state index in [1.807, 2.05) is 0 Å². The van der Waals surface area contributed by atoms with Crippen molar-refractivity contribution >= 4 is 17.6 Å². The number of ether oxygens (including phenoxy) is 2. The monoisotopic (exact) mass is 533 g/mol. The van der Waals surface area contributed by atoms with Crippen LogP contribution in [-0.4, -0.2) is 96.0 Å². The fraction of sp³-hybridized carbons (Fsp3) is 0.571. The Kier molecular flexibility index (Phi) is 7.04. The fourth-order valence-electron chi connectivity index (χ4n) is 6.31. The molecule has 2 saturated heterocycles. The first kappa shape index (κ1) is 25.5. The Morgan fingerprint density at radius 3 is 2.87 bits per heavy atom. The maximum atomic E-state index is 11.8. The standard InChI is InChI=1S/C28H35N7O4/c1-32-11-3-5-21(32)18-39-27-30-23-17-33(24-6-2-4-19-9-15-38-25(19)24)12-8-22(23)26(31-27)34-13-14-35(28(36)37)20(16-34)7-10-29/h2,4,6,20-21H,3,5,7-9,11-18H2,1H3,(H,36,37)/t20-,21-/m0/s1. The van der Waals surface area contributed by atoms with Crippen LogP contribution < -0.4 is 19.3 Å². The van der Waals surface area contributed by atoms with Crippen molar-refractivity contribution in [1.29, 1.82) is 5.26 Å². The summed E-state index contributed by atoms with van der Waals surface area (Å²) in [5.74, 6) is 1.78. The van der Waals surface area contributed by atoms with Crippen LogP contribution in [0.15, 0.2) is 18.2 Å². The first-order valence-electron chi connectivity index (χ1n) is 13.9. The molecule has 0 bridgehead atoms. The average molecular weight is 534 g/mol. The summed E-state index contributed by atoms with van der Waals surface area (Å²) in [6.45, 7) is 4.96. The molecule has 0 spiro atoms. The number of nitriles is 1. The minimum Gasteiger partial charge on any atom is -0.491 e. The number of benzene rings is 1. The Labute approximate surface area is 228 Å². The number of fused-ring (bicyclic) bond motifs is 2. The zero-order chi connectivity index (χ0) is 26.9. The lowest BCUT2D eigenvalue weighted by Gasteiger charge is -2.41. The quantitative estimate of drug-likeness (QED) is 0.593. The molecule has 1 aromatic heterocycles. The summed E-state index contributed by atoms with van der Waals surface area (Å²) < 4.78 is 12.2. The Bertz CT molecular complexity index is 1280. The molecule has 206 valence electrons. The highest BCUT2D eigenvalue weighted by Crippen LogP contribution is 2.39. The number of amides is 1. The number of nitrogens with zero attached hydrogens (tertiary/aromatic N) is 7. The summed E-state index contributed by atoms with van der Waals surface area (Å²) in [5.41, 5.74) is 4.33. The smallest absolute Gasteiger partial charge is 0.407 e. The molecule has 4 aliphatic heterocycles. The van der Waals surface area contributed by atoms with Crippen molar-refractivity contribution < 1.29 is 19.4 Å². The number of carboxylic acid groups (broad SMARTS) is 1. The van der Waals surface area contributed by atoms with E-state index in [0.29, 0.717) is 51.4 Å². The molecule has 39 heavy (non-hydrogen) atoms. The molecule has 0 unspecified atom stereocenters. The lowest BCUT2D eigenvalue weighted by Crippen LogP contribution is -2.55. The van der Waals surface area contributed by atoms with Crippen LogP contribution in [0.4, 0.5) is 16.3 Å². The van der Waals surface area contributed by atoms with E-state index in [1.54, 1.807) is 0 Å². The van der Waals surface area contributed by atoms with E-state index in [1.165, 1.54) is 10.5 Å². The van der Waals surface area contributed by atoms with Crippen molar-refractivity contribution in [1.82, 2.24) is 19.8 Å².